The van der Waals surface area contributed by atoms with Gasteiger partial charge in [-0.1, -0.05) is 0 Å². The normalized spacial score (nSPS) is 14.5. The fourth-order valence-corrected chi connectivity index (χ4v) is 1.53. The molecule has 1 unspecified atom stereocenters. The Morgan fingerprint density at radius 1 is 1.69 bits per heavy atom. The van der Waals surface area contributed by atoms with Crippen molar-refractivity contribution in [2.45, 2.75) is 13.0 Å². The number of hydrogen-bond acceptors (Lipinski definition) is 3. The van der Waals surface area contributed by atoms with Crippen molar-refractivity contribution in [3.8, 4) is 0 Å². The topological polar surface area (TPSA) is 84.6 Å². The van der Waals surface area contributed by atoms with Crippen LogP contribution in [0.2, 0.25) is 0 Å². The van der Waals surface area contributed by atoms with Crippen LogP contribution < -0.4 is 0 Å². The van der Waals surface area contributed by atoms with Gasteiger partial charge in [0, 0.05) is 19.4 Å². The van der Waals surface area contributed by atoms with E-state index in [1.54, 1.807) is 17.8 Å². The predicted octanol–water partition coefficient (Wildman–Crippen LogP) is 0.590. The van der Waals surface area contributed by atoms with Crippen LogP contribution in [0.25, 0.3) is 0 Å². The molecule has 1 aromatic rings. The summed E-state index contributed by atoms with van der Waals surface area (Å²) in [6, 6.07) is 0. The van der Waals surface area contributed by atoms with Crippen molar-refractivity contribution in [1.82, 2.24) is 9.55 Å². The van der Waals surface area contributed by atoms with Crippen LogP contribution in [-0.2, 0) is 16.1 Å². The van der Waals surface area contributed by atoms with E-state index in [4.69, 9.17) is 9.79 Å². The first-order chi connectivity index (χ1) is 5.90. The zero-order valence-electron chi connectivity index (χ0n) is 7.28. The van der Waals surface area contributed by atoms with Crippen LogP contribution in [0.15, 0.2) is 12.4 Å². The third-order valence-electron chi connectivity index (χ3n) is 1.52. The maximum absolute atomic E-state index is 10.5. The summed E-state index contributed by atoms with van der Waals surface area (Å²) in [5.41, 5.74) is 0. The standard InChI is InChI=1S/C6H11N2O4P/c1-5(12-13(9,10)11)6-7-3-4-8(6)2/h3-5H,1-2H3,(H2,9,10,11). The number of imidazole rings is 1. The van der Waals surface area contributed by atoms with Gasteiger partial charge in [-0.15, -0.1) is 0 Å². The molecule has 2 N–H and O–H groups in total. The second-order valence-electron chi connectivity index (χ2n) is 2.63. The van der Waals surface area contributed by atoms with Crippen molar-refractivity contribution in [2.75, 3.05) is 0 Å². The van der Waals surface area contributed by atoms with E-state index in [-0.39, 0.29) is 0 Å². The fraction of sp³-hybridized carbons (Fsp3) is 0.500. The van der Waals surface area contributed by atoms with E-state index in [2.05, 4.69) is 9.51 Å². The molecule has 0 spiro atoms. The van der Waals surface area contributed by atoms with Gasteiger partial charge in [0.25, 0.3) is 0 Å². The third kappa shape index (κ3) is 2.93. The summed E-state index contributed by atoms with van der Waals surface area (Å²) >= 11 is 0. The highest BCUT2D eigenvalue weighted by Crippen LogP contribution is 2.41. The van der Waals surface area contributed by atoms with Crippen molar-refractivity contribution < 1.29 is 18.9 Å². The molecule has 0 radical (unpaired) electrons. The second kappa shape index (κ2) is 3.59. The fourth-order valence-electron chi connectivity index (χ4n) is 1.02. The molecule has 0 saturated carbocycles. The molecule has 0 aliphatic rings. The smallest absolute Gasteiger partial charge is 0.336 e. The van der Waals surface area contributed by atoms with Gasteiger partial charge in [-0.25, -0.2) is 9.55 Å². The molecule has 0 saturated heterocycles. The van der Waals surface area contributed by atoms with Crippen LogP contribution in [0.1, 0.15) is 18.9 Å². The van der Waals surface area contributed by atoms with Gasteiger partial charge < -0.3 is 14.4 Å². The highest BCUT2D eigenvalue weighted by molar-refractivity contribution is 7.46. The van der Waals surface area contributed by atoms with E-state index < -0.39 is 13.9 Å². The summed E-state index contributed by atoms with van der Waals surface area (Å²) in [6.45, 7) is 1.53. The summed E-state index contributed by atoms with van der Waals surface area (Å²) in [5.74, 6) is 0.475. The minimum atomic E-state index is -4.44. The highest BCUT2D eigenvalue weighted by Gasteiger charge is 2.22. The summed E-state index contributed by atoms with van der Waals surface area (Å²) in [7, 11) is -2.71. The molecule has 1 heterocycles. The lowest BCUT2D eigenvalue weighted by Crippen LogP contribution is -2.05. The van der Waals surface area contributed by atoms with Gasteiger partial charge in [0.05, 0.1) is 0 Å². The lowest BCUT2D eigenvalue weighted by atomic mass is 10.4. The zero-order valence-corrected chi connectivity index (χ0v) is 8.18. The number of aromatic nitrogens is 2. The molecule has 0 bridgehead atoms. The number of nitrogens with zero attached hydrogens (tertiary/aromatic N) is 2. The zero-order chi connectivity index (χ0) is 10.1. The highest BCUT2D eigenvalue weighted by atomic mass is 31.2. The quantitative estimate of drug-likeness (QED) is 0.707. The second-order valence-corrected chi connectivity index (χ2v) is 3.83. The number of rotatable bonds is 3. The molecule has 0 amide bonds. The van der Waals surface area contributed by atoms with Gasteiger partial charge in [-0.05, 0) is 6.92 Å². The Bertz CT molecular complexity index is 331. The number of phosphoric ester groups is 1. The monoisotopic (exact) mass is 206 g/mol. The molecule has 0 aromatic carbocycles. The van der Waals surface area contributed by atoms with Crippen molar-refractivity contribution >= 4 is 7.82 Å². The maximum atomic E-state index is 10.5. The van der Waals surface area contributed by atoms with Crippen molar-refractivity contribution in [3.05, 3.63) is 18.2 Å². The Kier molecular flexibility index (Phi) is 2.87. The Labute approximate surface area is 75.4 Å². The summed E-state index contributed by atoms with van der Waals surface area (Å²) in [5, 5.41) is 0. The van der Waals surface area contributed by atoms with E-state index in [0.717, 1.165) is 0 Å². The molecule has 6 nitrogen and oxygen atoms in total. The molecular formula is C6H11N2O4P. The molecule has 7 heteroatoms. The van der Waals surface area contributed by atoms with Crippen LogP contribution >= 0.6 is 7.82 Å². The van der Waals surface area contributed by atoms with Gasteiger partial charge in [-0.3, -0.25) is 4.52 Å². The van der Waals surface area contributed by atoms with Gasteiger partial charge in [-0.2, -0.15) is 0 Å². The van der Waals surface area contributed by atoms with E-state index in [0.29, 0.717) is 5.82 Å². The lowest BCUT2D eigenvalue weighted by Gasteiger charge is -2.12. The molecule has 0 aliphatic heterocycles. The van der Waals surface area contributed by atoms with Crippen LogP contribution in [0.5, 0.6) is 0 Å². The Hall–Kier alpha value is -0.680. The third-order valence-corrected chi connectivity index (χ3v) is 2.11. The van der Waals surface area contributed by atoms with E-state index in [1.165, 1.54) is 13.1 Å². The van der Waals surface area contributed by atoms with Gasteiger partial charge in [0.2, 0.25) is 0 Å². The SMILES string of the molecule is CC(OP(=O)(O)O)c1nccn1C. The van der Waals surface area contributed by atoms with Crippen molar-refractivity contribution in [2.24, 2.45) is 7.05 Å². The maximum Gasteiger partial charge on any atom is 0.470 e. The average molecular weight is 206 g/mol. The molecule has 1 aromatic heterocycles. The molecule has 0 fully saturated rings. The molecule has 13 heavy (non-hydrogen) atoms. The van der Waals surface area contributed by atoms with Crippen LogP contribution in [-0.4, -0.2) is 19.3 Å². The molecule has 1 rings (SSSR count). The average Bonchev–Trinajstić information content (AvgIpc) is 2.30. The molecule has 1 atom stereocenters. The minimum Gasteiger partial charge on any atom is -0.336 e. The number of hydrogen-bond donors (Lipinski definition) is 2. The van der Waals surface area contributed by atoms with Gasteiger partial charge in [0.1, 0.15) is 11.9 Å². The molecule has 0 aliphatic carbocycles. The van der Waals surface area contributed by atoms with Gasteiger partial charge in [0.15, 0.2) is 0 Å². The first kappa shape index (κ1) is 10.4. The van der Waals surface area contributed by atoms with Crippen LogP contribution in [0.4, 0.5) is 0 Å². The van der Waals surface area contributed by atoms with Crippen molar-refractivity contribution in [1.29, 1.82) is 0 Å². The minimum absolute atomic E-state index is 0.475. The van der Waals surface area contributed by atoms with Crippen LogP contribution in [0, 0.1) is 0 Å². The predicted molar refractivity (Wildman–Crippen MR) is 44.8 cm³/mol. The number of phosphoric acid groups is 1. The van der Waals surface area contributed by atoms with Crippen molar-refractivity contribution in [3.63, 3.8) is 0 Å². The summed E-state index contributed by atoms with van der Waals surface area (Å²) in [4.78, 5) is 21.0. The Morgan fingerprint density at radius 3 is 2.69 bits per heavy atom. The first-order valence-electron chi connectivity index (χ1n) is 3.61. The van der Waals surface area contributed by atoms with Crippen LogP contribution in [0.3, 0.4) is 0 Å². The lowest BCUT2D eigenvalue weighted by molar-refractivity contribution is 0.138. The Balaban J connectivity index is 2.75. The van der Waals surface area contributed by atoms with E-state index in [9.17, 15) is 4.57 Å². The molecule has 74 valence electrons. The summed E-state index contributed by atoms with van der Waals surface area (Å²) in [6.07, 6.45) is 2.49. The van der Waals surface area contributed by atoms with E-state index >= 15 is 0 Å². The first-order valence-corrected chi connectivity index (χ1v) is 5.14. The Morgan fingerprint density at radius 2 is 2.31 bits per heavy atom. The molecular weight excluding hydrogens is 195 g/mol. The van der Waals surface area contributed by atoms with Gasteiger partial charge >= 0.3 is 7.82 Å². The van der Waals surface area contributed by atoms with E-state index in [1.807, 2.05) is 0 Å². The largest absolute Gasteiger partial charge is 0.470 e. The number of aryl methyl sites for hydroxylation is 1. The summed E-state index contributed by atoms with van der Waals surface area (Å²) < 4.78 is 16.6.